The summed E-state index contributed by atoms with van der Waals surface area (Å²) in [6.07, 6.45) is 0.136. The molecule has 0 aliphatic carbocycles. The van der Waals surface area contributed by atoms with E-state index in [4.69, 9.17) is 23.4 Å². The van der Waals surface area contributed by atoms with Crippen LogP contribution in [0.1, 0.15) is 31.9 Å². The fraction of sp³-hybridized carbons (Fsp3) is 0.320. The summed E-state index contributed by atoms with van der Waals surface area (Å²) < 4.78 is 27.0. The van der Waals surface area contributed by atoms with Crippen molar-refractivity contribution in [1.29, 1.82) is 0 Å². The van der Waals surface area contributed by atoms with E-state index < -0.39 is 17.7 Å². The Labute approximate surface area is 195 Å². The van der Waals surface area contributed by atoms with E-state index in [1.54, 1.807) is 25.1 Å². The molecular formula is C25H25NO8. The molecule has 178 valence electrons. The lowest BCUT2D eigenvalue weighted by molar-refractivity contribution is -0.147. The molecule has 2 aromatic carbocycles. The average Bonchev–Trinajstić information content (AvgIpc) is 3.10. The van der Waals surface area contributed by atoms with E-state index in [1.807, 2.05) is 26.0 Å². The number of hydrogen-bond acceptors (Lipinski definition) is 8. The summed E-state index contributed by atoms with van der Waals surface area (Å²) in [7, 11) is 0. The van der Waals surface area contributed by atoms with Crippen LogP contribution in [0.2, 0.25) is 0 Å². The number of amides is 1. The van der Waals surface area contributed by atoms with Gasteiger partial charge in [-0.25, -0.2) is 14.4 Å². The third-order valence-corrected chi connectivity index (χ3v) is 5.14. The van der Waals surface area contributed by atoms with Gasteiger partial charge in [0.1, 0.15) is 17.8 Å². The van der Waals surface area contributed by atoms with Crippen LogP contribution in [0.3, 0.4) is 0 Å². The number of anilines is 1. The first kappa shape index (κ1) is 23.2. The molecule has 0 unspecified atom stereocenters. The maximum Gasteiger partial charge on any atom is 0.411 e. The van der Waals surface area contributed by atoms with Crippen molar-refractivity contribution < 1.29 is 33.0 Å². The molecule has 1 aromatic heterocycles. The molecule has 9 heteroatoms. The van der Waals surface area contributed by atoms with E-state index in [1.165, 1.54) is 12.1 Å². The molecule has 0 radical (unpaired) electrons. The van der Waals surface area contributed by atoms with Gasteiger partial charge in [0, 0.05) is 40.8 Å². The van der Waals surface area contributed by atoms with Crippen molar-refractivity contribution >= 4 is 28.7 Å². The Kier molecular flexibility index (Phi) is 6.45. The monoisotopic (exact) mass is 467 g/mol. The Balaban J connectivity index is 1.41. The van der Waals surface area contributed by atoms with Crippen LogP contribution < -0.4 is 20.4 Å². The highest BCUT2D eigenvalue weighted by Gasteiger charge is 2.32. The highest BCUT2D eigenvalue weighted by atomic mass is 16.6. The lowest BCUT2D eigenvalue weighted by Gasteiger charge is -2.18. The van der Waals surface area contributed by atoms with E-state index in [0.29, 0.717) is 28.1 Å². The maximum atomic E-state index is 12.3. The Hall–Kier alpha value is -4.01. The van der Waals surface area contributed by atoms with Crippen molar-refractivity contribution in [3.05, 3.63) is 64.0 Å². The molecule has 34 heavy (non-hydrogen) atoms. The van der Waals surface area contributed by atoms with Gasteiger partial charge >= 0.3 is 17.7 Å². The normalized spacial score (nSPS) is 13.6. The van der Waals surface area contributed by atoms with Crippen molar-refractivity contribution in [2.45, 2.75) is 39.4 Å². The number of rotatable bonds is 7. The Morgan fingerprint density at radius 1 is 1.12 bits per heavy atom. The molecule has 1 aliphatic rings. The summed E-state index contributed by atoms with van der Waals surface area (Å²) in [6.45, 7) is 5.44. The Morgan fingerprint density at radius 3 is 2.74 bits per heavy atom. The van der Waals surface area contributed by atoms with E-state index in [2.05, 4.69) is 5.32 Å². The molecule has 0 saturated heterocycles. The zero-order valence-corrected chi connectivity index (χ0v) is 19.1. The van der Waals surface area contributed by atoms with Crippen molar-refractivity contribution in [2.75, 3.05) is 18.5 Å². The molecule has 0 saturated carbocycles. The van der Waals surface area contributed by atoms with Crippen LogP contribution in [0.25, 0.3) is 11.0 Å². The first-order valence-corrected chi connectivity index (χ1v) is 10.8. The standard InChI is InChI=1S/C25H25NO8/c1-4-30-24(29)26-17-8-9-18-16(10-21(27)33-20(18)11-17)13-32-22(28)14-31-19-7-5-6-15-12-25(2,3)34-23(15)19/h5-11H,4,12-14H2,1-3H3,(H,26,29). The summed E-state index contributed by atoms with van der Waals surface area (Å²) in [4.78, 5) is 35.9. The van der Waals surface area contributed by atoms with Gasteiger partial charge in [-0.15, -0.1) is 0 Å². The summed E-state index contributed by atoms with van der Waals surface area (Å²) in [5.41, 5.74) is 1.19. The largest absolute Gasteiger partial charge is 0.483 e. The van der Waals surface area contributed by atoms with Gasteiger partial charge in [0.25, 0.3) is 0 Å². The fourth-order valence-electron chi connectivity index (χ4n) is 3.75. The van der Waals surface area contributed by atoms with Crippen LogP contribution in [0.4, 0.5) is 10.5 Å². The number of hydrogen-bond donors (Lipinski definition) is 1. The first-order valence-electron chi connectivity index (χ1n) is 10.8. The molecule has 0 bridgehead atoms. The fourth-order valence-corrected chi connectivity index (χ4v) is 3.75. The average molecular weight is 467 g/mol. The lowest BCUT2D eigenvalue weighted by atomic mass is 10.0. The van der Waals surface area contributed by atoms with Gasteiger partial charge in [0.2, 0.25) is 0 Å². The van der Waals surface area contributed by atoms with Crippen LogP contribution in [-0.2, 0) is 27.3 Å². The quantitative estimate of drug-likeness (QED) is 0.406. The van der Waals surface area contributed by atoms with Crippen molar-refractivity contribution in [2.24, 2.45) is 0 Å². The molecular weight excluding hydrogens is 442 g/mol. The molecule has 0 fully saturated rings. The third-order valence-electron chi connectivity index (χ3n) is 5.14. The molecule has 9 nitrogen and oxygen atoms in total. The van der Waals surface area contributed by atoms with Gasteiger partial charge < -0.3 is 23.4 Å². The van der Waals surface area contributed by atoms with Crippen LogP contribution >= 0.6 is 0 Å². The molecule has 1 N–H and O–H groups in total. The third kappa shape index (κ3) is 5.31. The number of fused-ring (bicyclic) bond motifs is 2. The second-order valence-corrected chi connectivity index (χ2v) is 8.38. The van der Waals surface area contributed by atoms with Gasteiger partial charge in [-0.2, -0.15) is 0 Å². The second kappa shape index (κ2) is 9.46. The lowest BCUT2D eigenvalue weighted by Crippen LogP contribution is -2.24. The predicted octanol–water partition coefficient (Wildman–Crippen LogP) is 4.20. The highest BCUT2D eigenvalue weighted by molar-refractivity contribution is 5.90. The van der Waals surface area contributed by atoms with Gasteiger partial charge in [0.05, 0.1) is 6.61 Å². The SMILES string of the molecule is CCOC(=O)Nc1ccc2c(COC(=O)COc3cccc4c3OC(C)(C)C4)cc(=O)oc2c1. The highest BCUT2D eigenvalue weighted by Crippen LogP contribution is 2.41. The van der Waals surface area contributed by atoms with Gasteiger partial charge in [0.15, 0.2) is 18.1 Å². The molecule has 1 aliphatic heterocycles. The zero-order valence-electron chi connectivity index (χ0n) is 19.1. The molecule has 2 heterocycles. The minimum Gasteiger partial charge on any atom is -0.483 e. The number of para-hydroxylation sites is 1. The smallest absolute Gasteiger partial charge is 0.411 e. The Bertz CT molecular complexity index is 1290. The summed E-state index contributed by atoms with van der Waals surface area (Å²) in [6, 6.07) is 11.6. The number of nitrogens with one attached hydrogen (secondary N) is 1. The summed E-state index contributed by atoms with van der Waals surface area (Å²) in [5, 5.41) is 3.11. The predicted molar refractivity (Wildman–Crippen MR) is 123 cm³/mol. The molecule has 0 atom stereocenters. The zero-order chi connectivity index (χ0) is 24.3. The van der Waals surface area contributed by atoms with Crippen molar-refractivity contribution in [3.63, 3.8) is 0 Å². The topological polar surface area (TPSA) is 113 Å². The summed E-state index contributed by atoms with van der Waals surface area (Å²) in [5.74, 6) is 0.517. The maximum absolute atomic E-state index is 12.3. The first-order chi connectivity index (χ1) is 16.2. The molecule has 1 amide bonds. The van der Waals surface area contributed by atoms with E-state index in [-0.39, 0.29) is 31.0 Å². The van der Waals surface area contributed by atoms with Crippen LogP contribution in [0, 0.1) is 0 Å². The number of carbonyl (C=O) groups excluding carboxylic acids is 2. The van der Waals surface area contributed by atoms with Crippen LogP contribution in [0.15, 0.2) is 51.7 Å². The van der Waals surface area contributed by atoms with Crippen LogP contribution in [-0.4, -0.2) is 30.9 Å². The van der Waals surface area contributed by atoms with Gasteiger partial charge in [-0.05, 0) is 39.0 Å². The Morgan fingerprint density at radius 2 is 1.94 bits per heavy atom. The molecule has 3 aromatic rings. The number of esters is 1. The molecule has 4 rings (SSSR count). The van der Waals surface area contributed by atoms with Gasteiger partial charge in [-0.1, -0.05) is 12.1 Å². The van der Waals surface area contributed by atoms with Gasteiger partial charge in [-0.3, -0.25) is 5.32 Å². The summed E-state index contributed by atoms with van der Waals surface area (Å²) >= 11 is 0. The van der Waals surface area contributed by atoms with E-state index >= 15 is 0 Å². The number of carbonyl (C=O) groups is 2. The minimum absolute atomic E-state index is 0.147. The number of ether oxygens (including phenoxy) is 4. The van der Waals surface area contributed by atoms with E-state index in [0.717, 1.165) is 12.0 Å². The molecule has 0 spiro atoms. The minimum atomic E-state index is -0.618. The second-order valence-electron chi connectivity index (χ2n) is 8.38. The van der Waals surface area contributed by atoms with Crippen molar-refractivity contribution in [1.82, 2.24) is 0 Å². The van der Waals surface area contributed by atoms with Crippen LogP contribution in [0.5, 0.6) is 11.5 Å². The van der Waals surface area contributed by atoms with E-state index in [9.17, 15) is 14.4 Å². The number of benzene rings is 2. The van der Waals surface area contributed by atoms with Crippen molar-refractivity contribution in [3.8, 4) is 11.5 Å².